The minimum atomic E-state index is -4.44. The number of hydrogen-bond donors (Lipinski definition) is 1. The number of aromatic nitrogens is 1. The van der Waals surface area contributed by atoms with E-state index in [1.807, 2.05) is 26.0 Å². The van der Waals surface area contributed by atoms with Crippen LogP contribution in [-0.4, -0.2) is 27.9 Å². The monoisotopic (exact) mass is 353 g/mol. The second-order valence-corrected chi connectivity index (χ2v) is 7.17. The summed E-state index contributed by atoms with van der Waals surface area (Å²) < 4.78 is 38.9. The van der Waals surface area contributed by atoms with Crippen LogP contribution < -0.4 is 5.73 Å². The number of carbonyl (C=O) groups is 1. The predicted octanol–water partition coefficient (Wildman–Crippen LogP) is 3.06. The standard InChI is InChI=1S/C18H22F3N3O/c1-3-14-7-15-11(6-12(9-23-15)18(19,20)21)10-24(14)16(25)17(2)5-4-13(22)8-17/h4-6,9,13-14H,3,7-8,10,22H2,1-2H3/t13-,14?,17+/m1/s1. The van der Waals surface area contributed by atoms with Crippen molar-refractivity contribution in [1.82, 2.24) is 9.88 Å². The van der Waals surface area contributed by atoms with E-state index in [2.05, 4.69) is 4.98 Å². The lowest BCUT2D eigenvalue weighted by molar-refractivity contribution is -0.142. The molecule has 0 bridgehead atoms. The number of carbonyl (C=O) groups excluding carboxylic acids is 1. The van der Waals surface area contributed by atoms with Gasteiger partial charge < -0.3 is 10.6 Å². The second kappa shape index (κ2) is 6.12. The van der Waals surface area contributed by atoms with Crippen molar-refractivity contribution < 1.29 is 18.0 Å². The van der Waals surface area contributed by atoms with Crippen molar-refractivity contribution in [2.75, 3.05) is 0 Å². The summed E-state index contributed by atoms with van der Waals surface area (Å²) in [6.45, 7) is 3.96. The summed E-state index contributed by atoms with van der Waals surface area (Å²) >= 11 is 0. The molecule has 25 heavy (non-hydrogen) atoms. The molecule has 1 amide bonds. The van der Waals surface area contributed by atoms with Crippen LogP contribution >= 0.6 is 0 Å². The fourth-order valence-corrected chi connectivity index (χ4v) is 3.71. The molecule has 0 aromatic carbocycles. The summed E-state index contributed by atoms with van der Waals surface area (Å²) in [4.78, 5) is 18.8. The van der Waals surface area contributed by atoms with Crippen molar-refractivity contribution >= 4 is 5.91 Å². The van der Waals surface area contributed by atoms with Gasteiger partial charge in [-0.15, -0.1) is 0 Å². The van der Waals surface area contributed by atoms with Crippen LogP contribution in [0.4, 0.5) is 13.2 Å². The van der Waals surface area contributed by atoms with E-state index < -0.39 is 17.2 Å². The van der Waals surface area contributed by atoms with Crippen molar-refractivity contribution in [3.05, 3.63) is 41.2 Å². The number of halogens is 3. The summed E-state index contributed by atoms with van der Waals surface area (Å²) in [7, 11) is 0. The first-order valence-electron chi connectivity index (χ1n) is 8.45. The maximum absolute atomic E-state index is 13.1. The van der Waals surface area contributed by atoms with Gasteiger partial charge in [-0.25, -0.2) is 0 Å². The van der Waals surface area contributed by atoms with Crippen LogP contribution in [0.15, 0.2) is 24.4 Å². The Morgan fingerprint density at radius 3 is 2.76 bits per heavy atom. The fourth-order valence-electron chi connectivity index (χ4n) is 3.71. The first-order valence-corrected chi connectivity index (χ1v) is 8.45. The molecule has 1 aromatic rings. The average molecular weight is 353 g/mol. The highest BCUT2D eigenvalue weighted by Gasteiger charge is 2.42. The molecule has 136 valence electrons. The highest BCUT2D eigenvalue weighted by molar-refractivity contribution is 5.85. The van der Waals surface area contributed by atoms with E-state index in [0.29, 0.717) is 24.1 Å². The van der Waals surface area contributed by atoms with Gasteiger partial charge >= 0.3 is 6.18 Å². The molecule has 3 rings (SSSR count). The normalized spacial score (nSPS) is 29.0. The molecule has 7 heteroatoms. The quantitative estimate of drug-likeness (QED) is 0.832. The molecule has 3 atom stereocenters. The first-order chi connectivity index (χ1) is 11.6. The lowest BCUT2D eigenvalue weighted by Crippen LogP contribution is -2.49. The van der Waals surface area contributed by atoms with Crippen molar-refractivity contribution in [3.8, 4) is 0 Å². The van der Waals surface area contributed by atoms with E-state index in [1.54, 1.807) is 4.90 Å². The Labute approximate surface area is 144 Å². The fraction of sp³-hybridized carbons (Fsp3) is 0.556. The Bertz CT molecular complexity index is 716. The first kappa shape index (κ1) is 17.9. The minimum absolute atomic E-state index is 0.0636. The van der Waals surface area contributed by atoms with Gasteiger partial charge in [0.15, 0.2) is 0 Å². The van der Waals surface area contributed by atoms with Crippen molar-refractivity contribution in [2.24, 2.45) is 11.1 Å². The van der Waals surface area contributed by atoms with Gasteiger partial charge in [0.25, 0.3) is 0 Å². The van der Waals surface area contributed by atoms with Gasteiger partial charge in [-0.05, 0) is 31.4 Å². The summed E-state index contributed by atoms with van der Waals surface area (Å²) in [6.07, 6.45) is 1.80. The number of nitrogens with zero attached hydrogens (tertiary/aromatic N) is 2. The lowest BCUT2D eigenvalue weighted by Gasteiger charge is -2.40. The van der Waals surface area contributed by atoms with Gasteiger partial charge in [0.2, 0.25) is 5.91 Å². The summed E-state index contributed by atoms with van der Waals surface area (Å²) in [5.41, 5.74) is 5.55. The molecule has 1 unspecified atom stereocenters. The molecule has 2 heterocycles. The zero-order valence-electron chi connectivity index (χ0n) is 14.3. The van der Waals surface area contributed by atoms with Crippen LogP contribution in [0.5, 0.6) is 0 Å². The largest absolute Gasteiger partial charge is 0.417 e. The minimum Gasteiger partial charge on any atom is -0.334 e. The smallest absolute Gasteiger partial charge is 0.334 e. The molecule has 4 nitrogen and oxygen atoms in total. The zero-order valence-corrected chi connectivity index (χ0v) is 14.3. The number of amides is 1. The molecule has 1 aliphatic heterocycles. The Balaban J connectivity index is 1.91. The van der Waals surface area contributed by atoms with Crippen LogP contribution in [0, 0.1) is 5.41 Å². The molecule has 0 radical (unpaired) electrons. The van der Waals surface area contributed by atoms with Crippen molar-refractivity contribution in [3.63, 3.8) is 0 Å². The summed E-state index contributed by atoms with van der Waals surface area (Å²) in [5, 5.41) is 0. The van der Waals surface area contributed by atoms with E-state index in [0.717, 1.165) is 18.7 Å². The molecule has 0 fully saturated rings. The Hall–Kier alpha value is -1.89. The van der Waals surface area contributed by atoms with Gasteiger partial charge in [0, 0.05) is 36.9 Å². The van der Waals surface area contributed by atoms with Crippen LogP contribution in [0.3, 0.4) is 0 Å². The number of rotatable bonds is 2. The van der Waals surface area contributed by atoms with E-state index >= 15 is 0 Å². The number of nitrogens with two attached hydrogens (primary N) is 1. The molecule has 2 aliphatic rings. The van der Waals surface area contributed by atoms with Crippen LogP contribution in [-0.2, 0) is 23.9 Å². The van der Waals surface area contributed by atoms with Crippen molar-refractivity contribution in [2.45, 2.75) is 57.9 Å². The van der Waals surface area contributed by atoms with Gasteiger partial charge in [-0.3, -0.25) is 9.78 Å². The highest BCUT2D eigenvalue weighted by atomic mass is 19.4. The van der Waals surface area contributed by atoms with E-state index in [1.165, 1.54) is 0 Å². The molecule has 1 aromatic heterocycles. The van der Waals surface area contributed by atoms with Gasteiger partial charge in [-0.1, -0.05) is 19.1 Å². The van der Waals surface area contributed by atoms with Gasteiger partial charge in [0.1, 0.15) is 0 Å². The molecule has 0 spiro atoms. The molecule has 0 saturated carbocycles. The third-order valence-electron chi connectivity index (χ3n) is 5.19. The number of pyridine rings is 1. The predicted molar refractivity (Wildman–Crippen MR) is 87.4 cm³/mol. The van der Waals surface area contributed by atoms with Crippen LogP contribution in [0.25, 0.3) is 0 Å². The van der Waals surface area contributed by atoms with Crippen LogP contribution in [0.2, 0.25) is 0 Å². The lowest BCUT2D eigenvalue weighted by atomic mass is 9.85. The number of alkyl halides is 3. The van der Waals surface area contributed by atoms with Gasteiger partial charge in [0.05, 0.1) is 11.0 Å². The summed E-state index contributed by atoms with van der Waals surface area (Å²) in [5.74, 6) is -0.0772. The van der Waals surface area contributed by atoms with E-state index in [4.69, 9.17) is 5.73 Å². The zero-order chi connectivity index (χ0) is 18.4. The molecular weight excluding hydrogens is 331 g/mol. The maximum atomic E-state index is 13.1. The SMILES string of the molecule is CCC1Cc2ncc(C(F)(F)F)cc2CN1C(=O)[C@@]1(C)C=C[C@@H](N)C1. The number of fused-ring (bicyclic) bond motifs is 1. The highest BCUT2D eigenvalue weighted by Crippen LogP contribution is 2.37. The molecule has 1 aliphatic carbocycles. The Morgan fingerprint density at radius 2 is 2.20 bits per heavy atom. The summed E-state index contributed by atoms with van der Waals surface area (Å²) in [6, 6.07) is 0.892. The number of hydrogen-bond acceptors (Lipinski definition) is 3. The Kier molecular flexibility index (Phi) is 4.39. The molecular formula is C18H22F3N3O. The maximum Gasteiger partial charge on any atom is 0.417 e. The molecule has 0 saturated heterocycles. The topological polar surface area (TPSA) is 59.2 Å². The third kappa shape index (κ3) is 3.29. The van der Waals surface area contributed by atoms with Gasteiger partial charge in [-0.2, -0.15) is 13.2 Å². The second-order valence-electron chi connectivity index (χ2n) is 7.17. The van der Waals surface area contributed by atoms with E-state index in [-0.39, 0.29) is 24.5 Å². The van der Waals surface area contributed by atoms with E-state index in [9.17, 15) is 18.0 Å². The average Bonchev–Trinajstić information content (AvgIpc) is 2.91. The third-order valence-corrected chi connectivity index (χ3v) is 5.19. The Morgan fingerprint density at radius 1 is 1.48 bits per heavy atom. The van der Waals surface area contributed by atoms with Crippen LogP contribution in [0.1, 0.15) is 43.5 Å². The van der Waals surface area contributed by atoms with Crippen molar-refractivity contribution in [1.29, 1.82) is 0 Å². The molecule has 2 N–H and O–H groups in total.